The third-order valence-corrected chi connectivity index (χ3v) is 6.60. The Hall–Kier alpha value is -3.48. The number of pyridine rings is 1. The number of amides is 2. The molecule has 0 unspecified atom stereocenters. The van der Waals surface area contributed by atoms with E-state index in [0.29, 0.717) is 44.8 Å². The third-order valence-electron chi connectivity index (χ3n) is 6.60. The molecule has 2 aromatic heterocycles. The average Bonchev–Trinajstić information content (AvgIpc) is 3.20. The number of aromatic nitrogens is 3. The van der Waals surface area contributed by atoms with Gasteiger partial charge in [0.15, 0.2) is 5.69 Å². The predicted molar refractivity (Wildman–Crippen MR) is 124 cm³/mol. The summed E-state index contributed by atoms with van der Waals surface area (Å²) in [6.07, 6.45) is 3.30. The predicted octanol–water partition coefficient (Wildman–Crippen LogP) is 3.07. The highest BCUT2D eigenvalue weighted by Gasteiger charge is 2.33. The first-order valence-electron chi connectivity index (χ1n) is 11.6. The van der Waals surface area contributed by atoms with Crippen LogP contribution in [0.4, 0.5) is 0 Å². The standard InChI is InChI=1S/C26H29N5O2/c1-18(2)25(32)30-14-11-23-22(17-30)24(28-31(23)16-21-9-5-6-12-27-21)26(33)29-13-10-19-7-3-4-8-20(19)15-29/h3-9,12,18H,10-11,13-17H2,1-2H3. The van der Waals surface area contributed by atoms with Crippen molar-refractivity contribution in [3.8, 4) is 0 Å². The molecule has 0 saturated heterocycles. The van der Waals surface area contributed by atoms with E-state index < -0.39 is 0 Å². The van der Waals surface area contributed by atoms with E-state index in [1.807, 2.05) is 58.7 Å². The fourth-order valence-corrected chi connectivity index (χ4v) is 4.81. The first-order chi connectivity index (χ1) is 16.0. The molecule has 170 valence electrons. The Morgan fingerprint density at radius 3 is 2.45 bits per heavy atom. The Morgan fingerprint density at radius 1 is 0.939 bits per heavy atom. The van der Waals surface area contributed by atoms with Crippen LogP contribution < -0.4 is 0 Å². The van der Waals surface area contributed by atoms with Crippen molar-refractivity contribution >= 4 is 11.8 Å². The summed E-state index contributed by atoms with van der Waals surface area (Å²) in [5.74, 6) is -0.0179. The molecule has 0 fully saturated rings. The van der Waals surface area contributed by atoms with Gasteiger partial charge in [0.2, 0.25) is 5.91 Å². The van der Waals surface area contributed by atoms with Crippen molar-refractivity contribution < 1.29 is 9.59 Å². The summed E-state index contributed by atoms with van der Waals surface area (Å²) in [6, 6.07) is 14.1. The maximum atomic E-state index is 13.7. The second kappa shape index (κ2) is 8.81. The number of nitrogens with zero attached hydrogens (tertiary/aromatic N) is 5. The lowest BCUT2D eigenvalue weighted by molar-refractivity contribution is -0.135. The fourth-order valence-electron chi connectivity index (χ4n) is 4.81. The first-order valence-corrected chi connectivity index (χ1v) is 11.6. The van der Waals surface area contributed by atoms with Crippen molar-refractivity contribution in [2.24, 2.45) is 5.92 Å². The van der Waals surface area contributed by atoms with Crippen LogP contribution in [0.5, 0.6) is 0 Å². The van der Waals surface area contributed by atoms with E-state index >= 15 is 0 Å². The van der Waals surface area contributed by atoms with Gasteiger partial charge in [0, 0.05) is 56.0 Å². The van der Waals surface area contributed by atoms with Crippen molar-refractivity contribution in [1.82, 2.24) is 24.6 Å². The Bertz CT molecular complexity index is 1180. The van der Waals surface area contributed by atoms with Crippen LogP contribution in [0.25, 0.3) is 0 Å². The largest absolute Gasteiger partial charge is 0.338 e. The molecule has 4 heterocycles. The number of rotatable bonds is 4. The van der Waals surface area contributed by atoms with Gasteiger partial charge in [0.1, 0.15) is 0 Å². The number of fused-ring (bicyclic) bond motifs is 2. The maximum absolute atomic E-state index is 13.7. The zero-order valence-corrected chi connectivity index (χ0v) is 19.2. The molecule has 2 aliphatic heterocycles. The zero-order valence-electron chi connectivity index (χ0n) is 19.2. The van der Waals surface area contributed by atoms with Crippen LogP contribution in [-0.2, 0) is 37.3 Å². The minimum atomic E-state index is -0.0761. The van der Waals surface area contributed by atoms with Crippen LogP contribution in [0.1, 0.15) is 52.4 Å². The summed E-state index contributed by atoms with van der Waals surface area (Å²) in [4.78, 5) is 34.6. The molecule has 1 aromatic carbocycles. The van der Waals surface area contributed by atoms with Crippen molar-refractivity contribution in [3.63, 3.8) is 0 Å². The van der Waals surface area contributed by atoms with Gasteiger partial charge in [-0.1, -0.05) is 44.2 Å². The molecule has 0 atom stereocenters. The van der Waals surface area contributed by atoms with Crippen LogP contribution in [-0.4, -0.2) is 49.5 Å². The normalized spacial score (nSPS) is 15.4. The van der Waals surface area contributed by atoms with Gasteiger partial charge in [-0.05, 0) is 29.7 Å². The van der Waals surface area contributed by atoms with Crippen molar-refractivity contribution in [2.45, 2.75) is 46.3 Å². The highest BCUT2D eigenvalue weighted by molar-refractivity contribution is 5.94. The quantitative estimate of drug-likeness (QED) is 0.621. The van der Waals surface area contributed by atoms with E-state index in [4.69, 9.17) is 5.10 Å². The molecular formula is C26H29N5O2. The van der Waals surface area contributed by atoms with Gasteiger partial charge in [-0.25, -0.2) is 0 Å². The monoisotopic (exact) mass is 443 g/mol. The van der Waals surface area contributed by atoms with Gasteiger partial charge in [-0.2, -0.15) is 5.10 Å². The number of carbonyl (C=O) groups is 2. The van der Waals surface area contributed by atoms with Crippen LogP contribution in [0, 0.1) is 5.92 Å². The molecule has 0 aliphatic carbocycles. The minimum absolute atomic E-state index is 0.0561. The highest BCUT2D eigenvalue weighted by atomic mass is 16.2. The lowest BCUT2D eigenvalue weighted by Crippen LogP contribution is -2.40. The molecule has 2 aliphatic rings. The molecule has 5 rings (SSSR count). The Morgan fingerprint density at radius 2 is 1.70 bits per heavy atom. The molecule has 7 nitrogen and oxygen atoms in total. The van der Waals surface area contributed by atoms with Crippen LogP contribution >= 0.6 is 0 Å². The smallest absolute Gasteiger partial charge is 0.275 e. The van der Waals surface area contributed by atoms with Gasteiger partial charge < -0.3 is 9.80 Å². The molecule has 2 amide bonds. The molecule has 0 spiro atoms. The van der Waals surface area contributed by atoms with Gasteiger partial charge in [0.05, 0.1) is 12.2 Å². The summed E-state index contributed by atoms with van der Waals surface area (Å²) >= 11 is 0. The van der Waals surface area contributed by atoms with Gasteiger partial charge in [-0.3, -0.25) is 19.3 Å². The molecule has 7 heteroatoms. The number of carbonyl (C=O) groups excluding carboxylic acids is 2. The second-order valence-electron chi connectivity index (χ2n) is 9.16. The van der Waals surface area contributed by atoms with E-state index in [0.717, 1.165) is 23.4 Å². The van der Waals surface area contributed by atoms with E-state index in [9.17, 15) is 9.59 Å². The topological polar surface area (TPSA) is 71.3 Å². The third kappa shape index (κ3) is 4.15. The number of hydrogen-bond acceptors (Lipinski definition) is 4. The lowest BCUT2D eigenvalue weighted by Gasteiger charge is -2.31. The van der Waals surface area contributed by atoms with E-state index in [1.54, 1.807) is 6.20 Å². The summed E-state index contributed by atoms with van der Waals surface area (Å²) in [5, 5.41) is 4.80. The van der Waals surface area contributed by atoms with E-state index in [1.165, 1.54) is 11.1 Å². The molecule has 3 aromatic rings. The SMILES string of the molecule is CC(C)C(=O)N1CCc2c(c(C(=O)N3CCc4ccccc4C3)nn2Cc2ccccn2)C1. The van der Waals surface area contributed by atoms with Crippen molar-refractivity contribution in [3.05, 3.63) is 82.4 Å². The van der Waals surface area contributed by atoms with Gasteiger partial charge in [-0.15, -0.1) is 0 Å². The molecule has 0 N–H and O–H groups in total. The van der Waals surface area contributed by atoms with E-state index in [2.05, 4.69) is 17.1 Å². The van der Waals surface area contributed by atoms with E-state index in [-0.39, 0.29) is 17.7 Å². The molecule has 0 saturated carbocycles. The maximum Gasteiger partial charge on any atom is 0.275 e. The Labute approximate surface area is 194 Å². The Kier molecular flexibility index (Phi) is 5.70. The van der Waals surface area contributed by atoms with Gasteiger partial charge >= 0.3 is 0 Å². The van der Waals surface area contributed by atoms with Crippen LogP contribution in [0.2, 0.25) is 0 Å². The average molecular weight is 444 g/mol. The first kappa shape index (κ1) is 21.4. The summed E-state index contributed by atoms with van der Waals surface area (Å²) in [5.41, 5.74) is 5.79. The number of hydrogen-bond donors (Lipinski definition) is 0. The second-order valence-corrected chi connectivity index (χ2v) is 9.16. The summed E-state index contributed by atoms with van der Waals surface area (Å²) in [6.45, 7) is 6.68. The van der Waals surface area contributed by atoms with Gasteiger partial charge in [0.25, 0.3) is 5.91 Å². The lowest BCUT2D eigenvalue weighted by atomic mass is 9.98. The van der Waals surface area contributed by atoms with Crippen LogP contribution in [0.15, 0.2) is 48.7 Å². The van der Waals surface area contributed by atoms with Crippen molar-refractivity contribution in [1.29, 1.82) is 0 Å². The summed E-state index contributed by atoms with van der Waals surface area (Å²) < 4.78 is 1.92. The molecule has 0 bridgehead atoms. The molecule has 33 heavy (non-hydrogen) atoms. The molecular weight excluding hydrogens is 414 g/mol. The highest BCUT2D eigenvalue weighted by Crippen LogP contribution is 2.27. The van der Waals surface area contributed by atoms with Crippen molar-refractivity contribution in [2.75, 3.05) is 13.1 Å². The number of benzene rings is 1. The Balaban J connectivity index is 1.48. The molecule has 0 radical (unpaired) electrons. The van der Waals surface area contributed by atoms with Crippen LogP contribution in [0.3, 0.4) is 0 Å². The summed E-state index contributed by atoms with van der Waals surface area (Å²) in [7, 11) is 0. The fraction of sp³-hybridized carbons (Fsp3) is 0.385. The minimum Gasteiger partial charge on any atom is -0.338 e. The zero-order chi connectivity index (χ0) is 22.9.